The Bertz CT molecular complexity index is 387. The van der Waals surface area contributed by atoms with Crippen LogP contribution in [0.15, 0.2) is 10.8 Å². The summed E-state index contributed by atoms with van der Waals surface area (Å²) in [6.07, 6.45) is -0.138. The molecule has 0 aliphatic heterocycles. The van der Waals surface area contributed by atoms with Gasteiger partial charge in [-0.05, 0) is 13.8 Å². The van der Waals surface area contributed by atoms with Crippen LogP contribution >= 0.6 is 0 Å². The molecule has 1 aromatic rings. The number of ether oxygens (including phenoxy) is 1. The number of nitrogens with one attached hydrogen (secondary N) is 1. The zero-order valence-electron chi connectivity index (χ0n) is 8.89. The summed E-state index contributed by atoms with van der Waals surface area (Å²) in [4.78, 5) is 25.5. The fourth-order valence-electron chi connectivity index (χ4n) is 1.17. The second-order valence-electron chi connectivity index (χ2n) is 2.96. The van der Waals surface area contributed by atoms with Gasteiger partial charge in [0.05, 0.1) is 12.6 Å². The van der Waals surface area contributed by atoms with E-state index in [4.69, 9.17) is 14.3 Å². The Labute approximate surface area is 91.4 Å². The Hall–Kier alpha value is -2.05. The second kappa shape index (κ2) is 5.15. The normalized spacial score (nSPS) is 11.9. The fourth-order valence-corrected chi connectivity index (χ4v) is 1.17. The van der Waals surface area contributed by atoms with Crippen LogP contribution in [-0.2, 0) is 4.74 Å². The first-order valence-electron chi connectivity index (χ1n) is 4.66. The summed E-state index contributed by atoms with van der Waals surface area (Å²) >= 11 is 0. The first kappa shape index (κ1) is 12.0. The molecule has 1 rings (SSSR count). The van der Waals surface area contributed by atoms with Gasteiger partial charge in [-0.3, -0.25) is 0 Å². The number of amides is 1. The zero-order valence-corrected chi connectivity index (χ0v) is 8.89. The van der Waals surface area contributed by atoms with E-state index in [0.717, 1.165) is 6.39 Å². The molecule has 0 bridgehead atoms. The molecule has 0 aliphatic carbocycles. The van der Waals surface area contributed by atoms with E-state index in [0.29, 0.717) is 0 Å². The van der Waals surface area contributed by atoms with Crippen LogP contribution in [-0.4, -0.2) is 28.8 Å². The van der Waals surface area contributed by atoms with Crippen molar-refractivity contribution in [3.63, 3.8) is 0 Å². The molecular weight excluding hydrogens is 216 g/mol. The summed E-state index contributed by atoms with van der Waals surface area (Å²) in [6, 6.07) is -0.667. The molecule has 0 fully saturated rings. The number of hydrogen-bond acceptors (Lipinski definition) is 5. The van der Waals surface area contributed by atoms with Gasteiger partial charge in [0.2, 0.25) is 0 Å². The predicted molar refractivity (Wildman–Crippen MR) is 52.0 cm³/mol. The Balaban J connectivity index is 2.84. The average molecular weight is 228 g/mol. The molecule has 0 spiro atoms. The molecule has 0 aromatic carbocycles. The van der Waals surface area contributed by atoms with Crippen molar-refractivity contribution in [2.24, 2.45) is 0 Å². The molecule has 0 saturated carbocycles. The third kappa shape index (κ3) is 2.72. The van der Waals surface area contributed by atoms with Gasteiger partial charge < -0.3 is 19.6 Å². The van der Waals surface area contributed by atoms with Gasteiger partial charge in [0.15, 0.2) is 17.8 Å². The van der Waals surface area contributed by atoms with Crippen LogP contribution in [0.3, 0.4) is 0 Å². The summed E-state index contributed by atoms with van der Waals surface area (Å²) in [6.45, 7) is 3.42. The number of esters is 1. The van der Waals surface area contributed by atoms with Gasteiger partial charge in [-0.15, -0.1) is 0 Å². The maximum Gasteiger partial charge on any atom is 0.405 e. The van der Waals surface area contributed by atoms with Crippen LogP contribution in [0.4, 0.5) is 4.79 Å². The highest BCUT2D eigenvalue weighted by atomic mass is 16.5. The molecule has 1 aromatic heterocycles. The molecule has 1 heterocycles. The van der Waals surface area contributed by atoms with E-state index >= 15 is 0 Å². The minimum absolute atomic E-state index is 0.0110. The number of hydrogen-bond donors (Lipinski definition) is 2. The van der Waals surface area contributed by atoms with Crippen LogP contribution < -0.4 is 5.32 Å². The Morgan fingerprint density at radius 1 is 1.69 bits per heavy atom. The van der Waals surface area contributed by atoms with Crippen LogP contribution in [0, 0.1) is 0 Å². The number of carbonyl (C=O) groups excluding carboxylic acids is 1. The van der Waals surface area contributed by atoms with E-state index in [9.17, 15) is 9.59 Å². The quantitative estimate of drug-likeness (QED) is 0.750. The molecule has 1 atom stereocenters. The number of carbonyl (C=O) groups is 2. The Morgan fingerprint density at radius 3 is 2.94 bits per heavy atom. The van der Waals surface area contributed by atoms with Gasteiger partial charge in [0.25, 0.3) is 0 Å². The molecule has 0 radical (unpaired) electrons. The molecule has 0 saturated heterocycles. The third-order valence-corrected chi connectivity index (χ3v) is 1.80. The van der Waals surface area contributed by atoms with Crippen molar-refractivity contribution in [3.05, 3.63) is 17.8 Å². The fraction of sp³-hybridized carbons (Fsp3) is 0.444. The van der Waals surface area contributed by atoms with Crippen LogP contribution in [0.5, 0.6) is 0 Å². The predicted octanol–water partition coefficient (Wildman–Crippen LogP) is 1.18. The van der Waals surface area contributed by atoms with Gasteiger partial charge in [0, 0.05) is 0 Å². The number of oxazole rings is 1. The molecule has 1 unspecified atom stereocenters. The maximum absolute atomic E-state index is 11.4. The molecule has 1 amide bonds. The van der Waals surface area contributed by atoms with E-state index in [1.807, 2.05) is 0 Å². The lowest BCUT2D eigenvalue weighted by Gasteiger charge is -2.09. The lowest BCUT2D eigenvalue weighted by atomic mass is 10.2. The Kier molecular flexibility index (Phi) is 3.87. The van der Waals surface area contributed by atoms with Crippen molar-refractivity contribution in [1.29, 1.82) is 0 Å². The van der Waals surface area contributed by atoms with Crippen molar-refractivity contribution < 1.29 is 23.8 Å². The minimum Gasteiger partial charge on any atom is -0.465 e. The lowest BCUT2D eigenvalue weighted by molar-refractivity contribution is 0.0516. The summed E-state index contributed by atoms with van der Waals surface area (Å²) in [5.41, 5.74) is -0.0110. The van der Waals surface area contributed by atoms with Crippen molar-refractivity contribution in [3.8, 4) is 0 Å². The molecule has 0 aliphatic rings. The maximum atomic E-state index is 11.4. The van der Waals surface area contributed by atoms with Gasteiger partial charge in [-0.2, -0.15) is 0 Å². The minimum atomic E-state index is -1.21. The van der Waals surface area contributed by atoms with Gasteiger partial charge in [0.1, 0.15) is 0 Å². The van der Waals surface area contributed by atoms with Gasteiger partial charge in [-0.25, -0.2) is 14.6 Å². The van der Waals surface area contributed by atoms with Crippen molar-refractivity contribution in [2.75, 3.05) is 6.61 Å². The number of nitrogens with zero attached hydrogens (tertiary/aromatic N) is 1. The molecule has 7 nitrogen and oxygen atoms in total. The third-order valence-electron chi connectivity index (χ3n) is 1.80. The van der Waals surface area contributed by atoms with Gasteiger partial charge >= 0.3 is 12.1 Å². The van der Waals surface area contributed by atoms with E-state index < -0.39 is 18.1 Å². The van der Waals surface area contributed by atoms with E-state index in [-0.39, 0.29) is 18.1 Å². The molecular formula is C9H12N2O5. The highest BCUT2D eigenvalue weighted by Gasteiger charge is 2.23. The highest BCUT2D eigenvalue weighted by molar-refractivity contribution is 5.88. The molecule has 2 N–H and O–H groups in total. The summed E-state index contributed by atoms with van der Waals surface area (Å²) in [5.74, 6) is -0.494. The summed E-state index contributed by atoms with van der Waals surface area (Å²) in [5, 5.41) is 10.7. The van der Waals surface area contributed by atoms with Crippen molar-refractivity contribution >= 4 is 12.1 Å². The van der Waals surface area contributed by atoms with Gasteiger partial charge in [-0.1, -0.05) is 0 Å². The SMILES string of the molecule is CCOC(=O)c1ncoc1C(C)NC(=O)O. The monoisotopic (exact) mass is 228 g/mol. The molecule has 88 valence electrons. The molecule has 16 heavy (non-hydrogen) atoms. The second-order valence-corrected chi connectivity index (χ2v) is 2.96. The number of carboxylic acid groups (broad SMARTS) is 1. The zero-order chi connectivity index (χ0) is 12.1. The van der Waals surface area contributed by atoms with Crippen LogP contribution in [0.1, 0.15) is 36.1 Å². The van der Waals surface area contributed by atoms with Crippen LogP contribution in [0.2, 0.25) is 0 Å². The molecule has 7 heteroatoms. The average Bonchev–Trinajstić information content (AvgIpc) is 2.65. The Morgan fingerprint density at radius 2 is 2.38 bits per heavy atom. The standard InChI is InChI=1S/C9H12N2O5/c1-3-15-8(12)6-7(16-4-10-6)5(2)11-9(13)14/h4-5,11H,3H2,1-2H3,(H,13,14). The van der Waals surface area contributed by atoms with Crippen molar-refractivity contribution in [1.82, 2.24) is 10.3 Å². The number of rotatable bonds is 4. The lowest BCUT2D eigenvalue weighted by Crippen LogP contribution is -2.25. The smallest absolute Gasteiger partial charge is 0.405 e. The highest BCUT2D eigenvalue weighted by Crippen LogP contribution is 2.17. The first-order valence-corrected chi connectivity index (χ1v) is 4.66. The largest absolute Gasteiger partial charge is 0.465 e. The van der Waals surface area contributed by atoms with Crippen molar-refractivity contribution in [2.45, 2.75) is 19.9 Å². The first-order chi connectivity index (χ1) is 7.56. The van der Waals surface area contributed by atoms with E-state index in [1.165, 1.54) is 6.92 Å². The summed E-state index contributed by atoms with van der Waals surface area (Å²) in [7, 11) is 0. The van der Waals surface area contributed by atoms with E-state index in [1.54, 1.807) is 6.92 Å². The summed E-state index contributed by atoms with van der Waals surface area (Å²) < 4.78 is 9.70. The van der Waals surface area contributed by atoms with E-state index in [2.05, 4.69) is 10.3 Å². The number of aromatic nitrogens is 1. The van der Waals surface area contributed by atoms with Crippen LogP contribution in [0.25, 0.3) is 0 Å². The topological polar surface area (TPSA) is 102 Å².